The molecule has 0 spiro atoms. The summed E-state index contributed by atoms with van der Waals surface area (Å²) in [6, 6.07) is 10.1. The van der Waals surface area contributed by atoms with Gasteiger partial charge in [-0.25, -0.2) is 4.68 Å². The largest absolute Gasteiger partial charge is 0.381 e. The number of nitrogens with one attached hydrogen (secondary N) is 1. The minimum absolute atomic E-state index is 0.770. The molecule has 0 radical (unpaired) electrons. The van der Waals surface area contributed by atoms with E-state index >= 15 is 0 Å². The van der Waals surface area contributed by atoms with E-state index in [2.05, 4.69) is 40.8 Å². The quantitative estimate of drug-likeness (QED) is 0.755. The molecule has 0 amide bonds. The van der Waals surface area contributed by atoms with E-state index in [0.717, 1.165) is 30.9 Å². The van der Waals surface area contributed by atoms with Gasteiger partial charge in [-0.15, -0.1) is 0 Å². The van der Waals surface area contributed by atoms with Gasteiger partial charge in [-0.05, 0) is 30.7 Å². The van der Waals surface area contributed by atoms with Crippen molar-refractivity contribution in [2.45, 2.75) is 26.4 Å². The van der Waals surface area contributed by atoms with Gasteiger partial charge in [-0.1, -0.05) is 13.0 Å². The maximum absolute atomic E-state index is 4.34. The smallest absolute Gasteiger partial charge is 0.0666 e. The fourth-order valence-corrected chi connectivity index (χ4v) is 2.23. The number of hydrogen-bond acceptors (Lipinski definition) is 3. The number of hydrogen-bond donors (Lipinski definition) is 1. The second kappa shape index (κ2) is 6.26. The molecule has 2 aromatic heterocycles. The van der Waals surface area contributed by atoms with Gasteiger partial charge in [-0.3, -0.25) is 4.68 Å². The van der Waals surface area contributed by atoms with Crippen LogP contribution in [0.15, 0.2) is 55.1 Å². The lowest BCUT2D eigenvalue weighted by molar-refractivity contribution is 0.602. The van der Waals surface area contributed by atoms with Gasteiger partial charge in [0, 0.05) is 42.9 Å². The fourth-order valence-electron chi connectivity index (χ4n) is 2.23. The van der Waals surface area contributed by atoms with Crippen molar-refractivity contribution in [3.05, 3.63) is 60.7 Å². The normalized spacial score (nSPS) is 10.7. The van der Waals surface area contributed by atoms with Gasteiger partial charge < -0.3 is 5.32 Å². The summed E-state index contributed by atoms with van der Waals surface area (Å²) in [5.41, 5.74) is 3.31. The van der Waals surface area contributed by atoms with Crippen molar-refractivity contribution >= 4 is 5.69 Å². The second-order valence-electron chi connectivity index (χ2n) is 4.97. The van der Waals surface area contributed by atoms with Gasteiger partial charge in [0.15, 0.2) is 0 Å². The maximum atomic E-state index is 4.34. The lowest BCUT2D eigenvalue weighted by Gasteiger charge is -2.07. The lowest BCUT2D eigenvalue weighted by Crippen LogP contribution is -2.01. The molecule has 0 saturated carbocycles. The van der Waals surface area contributed by atoms with Crippen LogP contribution in [0.2, 0.25) is 0 Å². The Kier molecular flexibility index (Phi) is 4.00. The van der Waals surface area contributed by atoms with Gasteiger partial charge in [0.1, 0.15) is 0 Å². The summed E-state index contributed by atoms with van der Waals surface area (Å²) in [6.45, 7) is 3.89. The van der Waals surface area contributed by atoms with Crippen LogP contribution in [0.4, 0.5) is 5.69 Å². The Balaban J connectivity index is 1.66. The van der Waals surface area contributed by atoms with Gasteiger partial charge in [0.25, 0.3) is 0 Å². The molecular weight excluding hydrogens is 262 g/mol. The van der Waals surface area contributed by atoms with E-state index in [1.807, 2.05) is 40.0 Å². The molecule has 0 unspecified atom stereocenters. The Morgan fingerprint density at radius 1 is 1.19 bits per heavy atom. The highest BCUT2D eigenvalue weighted by atomic mass is 15.3. The van der Waals surface area contributed by atoms with Crippen LogP contribution in [0.3, 0.4) is 0 Å². The number of aryl methyl sites for hydroxylation is 1. The van der Waals surface area contributed by atoms with Crippen molar-refractivity contribution in [3.63, 3.8) is 0 Å². The first-order valence-electron chi connectivity index (χ1n) is 7.20. The molecule has 3 aromatic rings. The molecular formula is C16H19N5. The summed E-state index contributed by atoms with van der Waals surface area (Å²) in [7, 11) is 0. The Hall–Kier alpha value is -2.56. The summed E-state index contributed by atoms with van der Waals surface area (Å²) in [4.78, 5) is 0. The Bertz CT molecular complexity index is 684. The number of nitrogens with zero attached hydrogens (tertiary/aromatic N) is 4. The fraction of sp³-hybridized carbons (Fsp3) is 0.250. The van der Waals surface area contributed by atoms with Crippen LogP contribution in [0.25, 0.3) is 5.69 Å². The molecule has 21 heavy (non-hydrogen) atoms. The maximum Gasteiger partial charge on any atom is 0.0666 e. The second-order valence-corrected chi connectivity index (χ2v) is 4.97. The Morgan fingerprint density at radius 3 is 2.95 bits per heavy atom. The van der Waals surface area contributed by atoms with E-state index in [-0.39, 0.29) is 0 Å². The first-order valence-corrected chi connectivity index (χ1v) is 7.20. The minimum Gasteiger partial charge on any atom is -0.381 e. The lowest BCUT2D eigenvalue weighted by atomic mass is 10.2. The Morgan fingerprint density at radius 2 is 2.14 bits per heavy atom. The molecule has 3 rings (SSSR count). The zero-order chi connectivity index (χ0) is 14.5. The van der Waals surface area contributed by atoms with Crippen molar-refractivity contribution in [1.82, 2.24) is 19.6 Å². The number of rotatable bonds is 6. The molecule has 0 fully saturated rings. The van der Waals surface area contributed by atoms with E-state index in [1.165, 1.54) is 5.56 Å². The number of anilines is 1. The molecule has 1 aromatic carbocycles. The predicted octanol–water partition coefficient (Wildman–Crippen LogP) is 3.09. The highest BCUT2D eigenvalue weighted by molar-refractivity contribution is 5.51. The van der Waals surface area contributed by atoms with Crippen LogP contribution in [-0.4, -0.2) is 19.6 Å². The third-order valence-electron chi connectivity index (χ3n) is 3.25. The molecule has 0 atom stereocenters. The standard InChI is InChI=1S/C16H19N5/c1-2-8-20-13-14(12-19-20)11-17-15-5-3-6-16(10-15)21-9-4-7-18-21/h3-7,9-10,12-13,17H,2,8,11H2,1H3. The third-order valence-corrected chi connectivity index (χ3v) is 3.25. The number of aromatic nitrogens is 4. The van der Waals surface area contributed by atoms with Crippen LogP contribution in [-0.2, 0) is 13.1 Å². The van der Waals surface area contributed by atoms with Gasteiger partial charge in [0.05, 0.1) is 11.9 Å². The summed E-state index contributed by atoms with van der Waals surface area (Å²) in [6.07, 6.45) is 8.82. The molecule has 1 N–H and O–H groups in total. The van der Waals surface area contributed by atoms with Crippen molar-refractivity contribution in [3.8, 4) is 5.69 Å². The van der Waals surface area contributed by atoms with E-state index < -0.39 is 0 Å². The van der Waals surface area contributed by atoms with E-state index in [4.69, 9.17) is 0 Å². The highest BCUT2D eigenvalue weighted by Gasteiger charge is 2.00. The highest BCUT2D eigenvalue weighted by Crippen LogP contribution is 2.14. The average Bonchev–Trinajstić information content (AvgIpc) is 3.18. The average molecular weight is 281 g/mol. The summed E-state index contributed by atoms with van der Waals surface area (Å²) >= 11 is 0. The zero-order valence-corrected chi connectivity index (χ0v) is 12.1. The van der Waals surface area contributed by atoms with Crippen molar-refractivity contribution in [1.29, 1.82) is 0 Å². The van der Waals surface area contributed by atoms with Crippen LogP contribution >= 0.6 is 0 Å². The summed E-state index contributed by atoms with van der Waals surface area (Å²) in [5.74, 6) is 0. The van der Waals surface area contributed by atoms with E-state index in [9.17, 15) is 0 Å². The summed E-state index contributed by atoms with van der Waals surface area (Å²) in [5, 5.41) is 12.0. The Labute approximate surface area is 124 Å². The van der Waals surface area contributed by atoms with Crippen LogP contribution < -0.4 is 5.32 Å². The first kappa shape index (κ1) is 13.4. The first-order chi connectivity index (χ1) is 10.3. The van der Waals surface area contributed by atoms with Crippen molar-refractivity contribution < 1.29 is 0 Å². The van der Waals surface area contributed by atoms with Gasteiger partial charge in [-0.2, -0.15) is 10.2 Å². The predicted molar refractivity (Wildman–Crippen MR) is 83.4 cm³/mol. The van der Waals surface area contributed by atoms with Crippen molar-refractivity contribution in [2.75, 3.05) is 5.32 Å². The third kappa shape index (κ3) is 3.31. The molecule has 5 nitrogen and oxygen atoms in total. The van der Waals surface area contributed by atoms with Crippen LogP contribution in [0.1, 0.15) is 18.9 Å². The van der Waals surface area contributed by atoms with Gasteiger partial charge in [0.2, 0.25) is 0 Å². The molecule has 0 bridgehead atoms. The molecule has 0 aliphatic carbocycles. The van der Waals surface area contributed by atoms with Crippen molar-refractivity contribution in [2.24, 2.45) is 0 Å². The minimum atomic E-state index is 0.770. The molecule has 0 saturated heterocycles. The molecule has 5 heteroatoms. The van der Waals surface area contributed by atoms with Crippen LogP contribution in [0, 0.1) is 0 Å². The molecule has 0 aliphatic heterocycles. The van der Waals surface area contributed by atoms with Gasteiger partial charge >= 0.3 is 0 Å². The van der Waals surface area contributed by atoms with E-state index in [1.54, 1.807) is 6.20 Å². The molecule has 2 heterocycles. The van der Waals surface area contributed by atoms with Crippen LogP contribution in [0.5, 0.6) is 0 Å². The number of benzene rings is 1. The molecule has 0 aliphatic rings. The molecule has 108 valence electrons. The topological polar surface area (TPSA) is 47.7 Å². The zero-order valence-electron chi connectivity index (χ0n) is 12.1. The summed E-state index contributed by atoms with van der Waals surface area (Å²) < 4.78 is 3.83. The monoisotopic (exact) mass is 281 g/mol. The van der Waals surface area contributed by atoms with E-state index in [0.29, 0.717) is 0 Å². The SMILES string of the molecule is CCCn1cc(CNc2cccc(-n3cccn3)c2)cn1.